The van der Waals surface area contributed by atoms with Gasteiger partial charge in [0.05, 0.1) is 20.3 Å². The molecule has 2 saturated heterocycles. The van der Waals surface area contributed by atoms with Crippen LogP contribution in [0.5, 0.6) is 5.75 Å². The van der Waals surface area contributed by atoms with Crippen molar-refractivity contribution in [3.05, 3.63) is 29.6 Å². The van der Waals surface area contributed by atoms with Crippen molar-refractivity contribution in [3.63, 3.8) is 0 Å². The van der Waals surface area contributed by atoms with Crippen molar-refractivity contribution in [1.82, 2.24) is 5.32 Å². The second-order valence-electron chi connectivity index (χ2n) is 4.85. The van der Waals surface area contributed by atoms with E-state index in [9.17, 15) is 4.39 Å². The normalized spacial score (nSPS) is 22.7. The number of methoxy groups -OCH3 is 1. The molecule has 1 aromatic rings. The lowest BCUT2D eigenvalue weighted by Gasteiger charge is -2.51. The van der Waals surface area contributed by atoms with Gasteiger partial charge in [0.2, 0.25) is 0 Å². The fourth-order valence-electron chi connectivity index (χ4n) is 2.62. The highest BCUT2D eigenvalue weighted by Crippen LogP contribution is 2.42. The maximum absolute atomic E-state index is 13.7. The highest BCUT2D eigenvalue weighted by atomic mass is 19.1. The van der Waals surface area contributed by atoms with Crippen LogP contribution in [0.4, 0.5) is 4.39 Å². The van der Waals surface area contributed by atoms with E-state index in [1.165, 1.54) is 7.11 Å². The molecule has 2 aliphatic heterocycles. The minimum absolute atomic E-state index is 0.0123. The third kappa shape index (κ3) is 1.55. The number of rotatable bonds is 3. The van der Waals surface area contributed by atoms with Crippen LogP contribution < -0.4 is 10.1 Å². The molecule has 0 unspecified atom stereocenters. The van der Waals surface area contributed by atoms with Crippen LogP contribution in [0.2, 0.25) is 0 Å². The van der Waals surface area contributed by atoms with Gasteiger partial charge < -0.3 is 14.8 Å². The Morgan fingerprint density at radius 2 is 2.18 bits per heavy atom. The molecule has 0 amide bonds. The Labute approximate surface area is 99.9 Å². The second-order valence-corrected chi connectivity index (χ2v) is 4.85. The summed E-state index contributed by atoms with van der Waals surface area (Å²) in [6.07, 6.45) is 0. The first-order valence-electron chi connectivity index (χ1n) is 5.89. The topological polar surface area (TPSA) is 30.5 Å². The molecule has 0 spiro atoms. The average Bonchev–Trinajstić information content (AvgIpc) is 2.20. The van der Waals surface area contributed by atoms with Crippen molar-refractivity contribution in [1.29, 1.82) is 0 Å². The molecule has 0 aliphatic carbocycles. The number of nitrogens with one attached hydrogen (secondary N) is 1. The Balaban J connectivity index is 1.94. The fraction of sp³-hybridized carbons (Fsp3) is 0.538. The van der Waals surface area contributed by atoms with Gasteiger partial charge in [0.1, 0.15) is 0 Å². The second kappa shape index (κ2) is 3.96. The molecule has 3 rings (SSSR count). The third-order valence-electron chi connectivity index (χ3n) is 4.01. The van der Waals surface area contributed by atoms with Crippen molar-refractivity contribution >= 4 is 0 Å². The quantitative estimate of drug-likeness (QED) is 0.860. The van der Waals surface area contributed by atoms with Crippen molar-refractivity contribution in [2.45, 2.75) is 5.41 Å². The molecule has 2 heterocycles. The van der Waals surface area contributed by atoms with E-state index in [0.717, 1.165) is 18.7 Å². The lowest BCUT2D eigenvalue weighted by atomic mass is 9.66. The number of hydrogen-bond acceptors (Lipinski definition) is 3. The van der Waals surface area contributed by atoms with Crippen LogP contribution in [0.25, 0.3) is 0 Å². The zero-order valence-corrected chi connectivity index (χ0v) is 9.83. The van der Waals surface area contributed by atoms with Crippen LogP contribution in [0.15, 0.2) is 18.2 Å². The monoisotopic (exact) mass is 237 g/mol. The molecule has 0 atom stereocenters. The molecule has 0 saturated carbocycles. The van der Waals surface area contributed by atoms with E-state index in [1.807, 2.05) is 6.07 Å². The summed E-state index contributed by atoms with van der Waals surface area (Å²) in [5.41, 5.74) is 1.05. The van der Waals surface area contributed by atoms with Gasteiger partial charge in [-0.25, -0.2) is 4.39 Å². The summed E-state index contributed by atoms with van der Waals surface area (Å²) in [4.78, 5) is 0. The van der Waals surface area contributed by atoms with Crippen molar-refractivity contribution in [2.24, 2.45) is 5.92 Å². The van der Waals surface area contributed by atoms with Gasteiger partial charge >= 0.3 is 0 Å². The highest BCUT2D eigenvalue weighted by Gasteiger charge is 2.49. The van der Waals surface area contributed by atoms with Crippen LogP contribution in [-0.2, 0) is 10.2 Å². The van der Waals surface area contributed by atoms with E-state index in [4.69, 9.17) is 9.47 Å². The van der Waals surface area contributed by atoms with Gasteiger partial charge in [-0.05, 0) is 23.6 Å². The molecule has 2 aliphatic rings. The van der Waals surface area contributed by atoms with Gasteiger partial charge in [-0.15, -0.1) is 0 Å². The standard InChI is InChI=1S/C13H16FNO2/c1-16-12-3-2-9(4-11(12)14)13(7-17-8-13)10-5-15-6-10/h2-4,10,15H,5-8H2,1H3. The predicted molar refractivity (Wildman–Crippen MR) is 61.8 cm³/mol. The molecular formula is C13H16FNO2. The molecule has 0 aromatic heterocycles. The highest BCUT2D eigenvalue weighted by molar-refractivity contribution is 5.36. The van der Waals surface area contributed by atoms with E-state index < -0.39 is 0 Å². The number of ether oxygens (including phenoxy) is 2. The lowest BCUT2D eigenvalue weighted by molar-refractivity contribution is -0.101. The molecule has 1 aromatic carbocycles. The van der Waals surface area contributed by atoms with Crippen molar-refractivity contribution in [2.75, 3.05) is 33.4 Å². The summed E-state index contributed by atoms with van der Waals surface area (Å²) in [7, 11) is 1.48. The molecule has 1 N–H and O–H groups in total. The summed E-state index contributed by atoms with van der Waals surface area (Å²) in [6.45, 7) is 3.39. The summed E-state index contributed by atoms with van der Waals surface area (Å²) >= 11 is 0. The molecule has 3 nitrogen and oxygen atoms in total. The Bertz CT molecular complexity index is 427. The predicted octanol–water partition coefficient (Wildman–Crippen LogP) is 1.32. The maximum atomic E-state index is 13.7. The Morgan fingerprint density at radius 3 is 2.59 bits per heavy atom. The van der Waals surface area contributed by atoms with Gasteiger partial charge in [-0.3, -0.25) is 0 Å². The number of benzene rings is 1. The zero-order valence-electron chi connectivity index (χ0n) is 9.83. The van der Waals surface area contributed by atoms with Crippen LogP contribution in [0, 0.1) is 11.7 Å². The summed E-state index contributed by atoms with van der Waals surface area (Å²) < 4.78 is 24.1. The van der Waals surface area contributed by atoms with E-state index >= 15 is 0 Å². The average molecular weight is 237 g/mol. The minimum atomic E-state index is -0.288. The molecule has 4 heteroatoms. The van der Waals surface area contributed by atoms with Gasteiger partial charge in [0.15, 0.2) is 11.6 Å². The lowest BCUT2D eigenvalue weighted by Crippen LogP contribution is -2.62. The summed E-state index contributed by atoms with van der Waals surface area (Å²) in [5.74, 6) is 0.573. The number of hydrogen-bond donors (Lipinski definition) is 1. The van der Waals surface area contributed by atoms with E-state index in [2.05, 4.69) is 5.32 Å². The first kappa shape index (κ1) is 11.0. The van der Waals surface area contributed by atoms with Crippen LogP contribution in [0.3, 0.4) is 0 Å². The fourth-order valence-corrected chi connectivity index (χ4v) is 2.62. The largest absolute Gasteiger partial charge is 0.494 e. The van der Waals surface area contributed by atoms with Crippen LogP contribution >= 0.6 is 0 Å². The minimum Gasteiger partial charge on any atom is -0.494 e. The molecule has 0 bridgehead atoms. The van der Waals surface area contributed by atoms with Gasteiger partial charge in [-0.2, -0.15) is 0 Å². The molecule has 92 valence electrons. The summed E-state index contributed by atoms with van der Waals surface area (Å²) in [6, 6.07) is 5.26. The van der Waals surface area contributed by atoms with E-state index in [1.54, 1.807) is 12.1 Å². The zero-order chi connectivity index (χ0) is 11.9. The Hall–Kier alpha value is -1.13. The Morgan fingerprint density at radius 1 is 1.41 bits per heavy atom. The maximum Gasteiger partial charge on any atom is 0.165 e. The molecule has 0 radical (unpaired) electrons. The van der Waals surface area contributed by atoms with Crippen molar-refractivity contribution < 1.29 is 13.9 Å². The smallest absolute Gasteiger partial charge is 0.165 e. The molecule has 17 heavy (non-hydrogen) atoms. The SMILES string of the molecule is COc1ccc(C2(C3CNC3)COC2)cc1F. The third-order valence-corrected chi connectivity index (χ3v) is 4.01. The van der Waals surface area contributed by atoms with E-state index in [0.29, 0.717) is 24.9 Å². The Kier molecular flexibility index (Phi) is 2.56. The van der Waals surface area contributed by atoms with Gasteiger partial charge in [0, 0.05) is 18.5 Å². The molecular weight excluding hydrogens is 221 g/mol. The van der Waals surface area contributed by atoms with Gasteiger partial charge in [-0.1, -0.05) is 6.07 Å². The van der Waals surface area contributed by atoms with Crippen molar-refractivity contribution in [3.8, 4) is 5.75 Å². The first-order chi connectivity index (χ1) is 8.26. The number of halogens is 1. The van der Waals surface area contributed by atoms with Crippen LogP contribution in [-0.4, -0.2) is 33.4 Å². The summed E-state index contributed by atoms with van der Waals surface area (Å²) in [5, 5.41) is 3.27. The first-order valence-corrected chi connectivity index (χ1v) is 5.89. The van der Waals surface area contributed by atoms with Crippen LogP contribution in [0.1, 0.15) is 5.56 Å². The van der Waals surface area contributed by atoms with Gasteiger partial charge in [0.25, 0.3) is 0 Å². The molecule has 2 fully saturated rings. The van der Waals surface area contributed by atoms with E-state index in [-0.39, 0.29) is 11.2 Å².